The first kappa shape index (κ1) is 17.4. The Morgan fingerprint density at radius 1 is 1.17 bits per heavy atom. The zero-order valence-corrected chi connectivity index (χ0v) is 13.9. The van der Waals surface area contributed by atoms with Gasteiger partial charge in [0, 0.05) is 10.6 Å². The highest BCUT2D eigenvalue weighted by atomic mass is 35.5. The molecular weight excluding hydrogens is 343 g/mol. The first-order chi connectivity index (χ1) is 10.7. The maximum Gasteiger partial charge on any atom is 0.256 e. The van der Waals surface area contributed by atoms with Crippen molar-refractivity contribution in [2.24, 2.45) is 0 Å². The second-order valence-corrected chi connectivity index (χ2v) is 7.09. The van der Waals surface area contributed by atoms with Gasteiger partial charge in [-0.05, 0) is 49.9 Å². The molecular formula is C15H14ClFN2O3S. The maximum atomic E-state index is 13.7. The zero-order chi connectivity index (χ0) is 17.2. The van der Waals surface area contributed by atoms with Crippen molar-refractivity contribution in [2.45, 2.75) is 11.8 Å². The summed E-state index contributed by atoms with van der Waals surface area (Å²) in [6, 6.07) is 7.99. The van der Waals surface area contributed by atoms with Gasteiger partial charge in [-0.1, -0.05) is 17.7 Å². The third kappa shape index (κ3) is 3.87. The van der Waals surface area contributed by atoms with Crippen LogP contribution in [0, 0.1) is 12.7 Å². The van der Waals surface area contributed by atoms with Crippen LogP contribution in [0.15, 0.2) is 41.3 Å². The highest BCUT2D eigenvalue weighted by Gasteiger charge is 2.17. The Hall–Kier alpha value is -1.96. The van der Waals surface area contributed by atoms with E-state index in [1.54, 1.807) is 6.92 Å². The van der Waals surface area contributed by atoms with Crippen LogP contribution in [-0.2, 0) is 10.0 Å². The van der Waals surface area contributed by atoms with Crippen LogP contribution < -0.4 is 10.0 Å². The second kappa shape index (κ2) is 6.66. The number of hydrogen-bond acceptors (Lipinski definition) is 3. The number of aryl methyl sites for hydroxylation is 1. The third-order valence-corrected chi connectivity index (χ3v) is 4.86. The highest BCUT2D eigenvalue weighted by Crippen LogP contribution is 2.21. The minimum absolute atomic E-state index is 0.0410. The van der Waals surface area contributed by atoms with Gasteiger partial charge in [-0.3, -0.25) is 4.79 Å². The molecule has 0 aliphatic heterocycles. The van der Waals surface area contributed by atoms with E-state index in [9.17, 15) is 17.6 Å². The molecule has 5 nitrogen and oxygen atoms in total. The molecule has 2 aromatic rings. The van der Waals surface area contributed by atoms with Crippen LogP contribution in [0.3, 0.4) is 0 Å². The molecule has 0 unspecified atom stereocenters. The molecule has 0 fully saturated rings. The Morgan fingerprint density at radius 3 is 2.48 bits per heavy atom. The third-order valence-electron chi connectivity index (χ3n) is 3.21. The number of carbonyl (C=O) groups is 1. The predicted molar refractivity (Wildman–Crippen MR) is 86.8 cm³/mol. The fraction of sp³-hybridized carbons (Fsp3) is 0.133. The van der Waals surface area contributed by atoms with Crippen LogP contribution in [0.1, 0.15) is 15.9 Å². The van der Waals surface area contributed by atoms with Gasteiger partial charge in [-0.15, -0.1) is 0 Å². The van der Waals surface area contributed by atoms with Gasteiger partial charge in [0.1, 0.15) is 5.82 Å². The van der Waals surface area contributed by atoms with E-state index in [0.717, 1.165) is 6.07 Å². The van der Waals surface area contributed by atoms with E-state index in [1.165, 1.54) is 37.4 Å². The highest BCUT2D eigenvalue weighted by molar-refractivity contribution is 7.89. The summed E-state index contributed by atoms with van der Waals surface area (Å²) in [5, 5.41) is 2.61. The Kier molecular flexibility index (Phi) is 5.03. The summed E-state index contributed by atoms with van der Waals surface area (Å²) >= 11 is 5.66. The fourth-order valence-electron chi connectivity index (χ4n) is 1.91. The minimum atomic E-state index is -3.68. The van der Waals surface area contributed by atoms with Crippen molar-refractivity contribution in [3.63, 3.8) is 0 Å². The molecule has 0 radical (unpaired) electrons. The van der Waals surface area contributed by atoms with Gasteiger partial charge in [-0.2, -0.15) is 0 Å². The van der Waals surface area contributed by atoms with E-state index in [2.05, 4.69) is 10.0 Å². The Morgan fingerprint density at radius 2 is 1.87 bits per heavy atom. The summed E-state index contributed by atoms with van der Waals surface area (Å²) in [5.74, 6) is -1.29. The lowest BCUT2D eigenvalue weighted by Crippen LogP contribution is -2.20. The van der Waals surface area contributed by atoms with Crippen LogP contribution in [0.5, 0.6) is 0 Å². The quantitative estimate of drug-likeness (QED) is 0.884. The molecule has 0 saturated carbocycles. The first-order valence-electron chi connectivity index (χ1n) is 6.55. The smallest absolute Gasteiger partial charge is 0.256 e. The second-order valence-electron chi connectivity index (χ2n) is 4.76. The molecule has 122 valence electrons. The molecule has 0 atom stereocenters. The van der Waals surface area contributed by atoms with E-state index in [0.29, 0.717) is 5.56 Å². The fourth-order valence-corrected chi connectivity index (χ4v) is 2.83. The Labute approximate surface area is 138 Å². The normalized spacial score (nSPS) is 11.3. The molecule has 0 aliphatic carbocycles. The largest absolute Gasteiger partial charge is 0.319 e. The van der Waals surface area contributed by atoms with Crippen molar-refractivity contribution in [1.82, 2.24) is 4.72 Å². The lowest BCUT2D eigenvalue weighted by molar-refractivity contribution is 0.102. The van der Waals surface area contributed by atoms with Crippen LogP contribution >= 0.6 is 11.6 Å². The van der Waals surface area contributed by atoms with Gasteiger partial charge in [0.25, 0.3) is 5.91 Å². The van der Waals surface area contributed by atoms with Crippen LogP contribution in [0.4, 0.5) is 10.1 Å². The number of nitrogens with one attached hydrogen (secondary N) is 2. The molecule has 0 spiro atoms. The molecule has 0 aliphatic rings. The topological polar surface area (TPSA) is 75.3 Å². The van der Waals surface area contributed by atoms with Crippen molar-refractivity contribution in [2.75, 3.05) is 12.4 Å². The predicted octanol–water partition coefficient (Wildman–Crippen LogP) is 2.95. The van der Waals surface area contributed by atoms with Crippen molar-refractivity contribution in [3.05, 3.63) is 58.4 Å². The Balaban J connectivity index is 2.37. The first-order valence-corrected chi connectivity index (χ1v) is 8.41. The van der Waals surface area contributed by atoms with E-state index < -0.39 is 21.7 Å². The number of sulfonamides is 1. The number of hydrogen-bond donors (Lipinski definition) is 2. The summed E-state index contributed by atoms with van der Waals surface area (Å²) in [6.45, 7) is 1.66. The molecule has 2 rings (SSSR count). The number of anilines is 1. The standard InChI is InChI=1S/C15H14ClFN2O3S/c1-9-3-5-11(23(21,22)18-2)8-12(9)15(20)19-14-6-4-10(16)7-13(14)17/h3-8,18H,1-2H3,(H,19,20). The van der Waals surface area contributed by atoms with Crippen molar-refractivity contribution < 1.29 is 17.6 Å². The van der Waals surface area contributed by atoms with Gasteiger partial charge in [0.2, 0.25) is 10.0 Å². The number of rotatable bonds is 4. The zero-order valence-electron chi connectivity index (χ0n) is 12.4. The SMILES string of the molecule is CNS(=O)(=O)c1ccc(C)c(C(=O)Nc2ccc(Cl)cc2F)c1. The lowest BCUT2D eigenvalue weighted by atomic mass is 10.1. The molecule has 8 heteroatoms. The van der Waals surface area contributed by atoms with Gasteiger partial charge >= 0.3 is 0 Å². The summed E-state index contributed by atoms with van der Waals surface area (Å²) in [5.41, 5.74) is 0.656. The molecule has 2 N–H and O–H groups in total. The number of amides is 1. The van der Waals surface area contributed by atoms with Crippen molar-refractivity contribution >= 4 is 33.2 Å². The molecule has 0 saturated heterocycles. The van der Waals surface area contributed by atoms with E-state index in [4.69, 9.17) is 11.6 Å². The molecule has 0 aromatic heterocycles. The summed E-state index contributed by atoms with van der Waals surface area (Å²) in [4.78, 5) is 12.3. The van der Waals surface area contributed by atoms with E-state index in [-0.39, 0.29) is 21.2 Å². The minimum Gasteiger partial charge on any atom is -0.319 e. The van der Waals surface area contributed by atoms with E-state index in [1.807, 2.05) is 0 Å². The number of carbonyl (C=O) groups excluding carboxylic acids is 1. The summed E-state index contributed by atoms with van der Waals surface area (Å²) in [6.07, 6.45) is 0. The van der Waals surface area contributed by atoms with Crippen LogP contribution in [0.25, 0.3) is 0 Å². The van der Waals surface area contributed by atoms with Gasteiger partial charge in [-0.25, -0.2) is 17.5 Å². The summed E-state index contributed by atoms with van der Waals surface area (Å²) < 4.78 is 39.6. The molecule has 0 bridgehead atoms. The monoisotopic (exact) mass is 356 g/mol. The van der Waals surface area contributed by atoms with Gasteiger partial charge in [0.15, 0.2) is 0 Å². The Bertz CT molecular complexity index is 869. The molecule has 1 amide bonds. The molecule has 2 aromatic carbocycles. The van der Waals surface area contributed by atoms with Gasteiger partial charge < -0.3 is 5.32 Å². The molecule has 0 heterocycles. The van der Waals surface area contributed by atoms with Crippen LogP contribution in [0.2, 0.25) is 5.02 Å². The van der Waals surface area contributed by atoms with Gasteiger partial charge in [0.05, 0.1) is 10.6 Å². The molecule has 23 heavy (non-hydrogen) atoms. The average molecular weight is 357 g/mol. The summed E-state index contributed by atoms with van der Waals surface area (Å²) in [7, 11) is -2.40. The van der Waals surface area contributed by atoms with Crippen molar-refractivity contribution in [1.29, 1.82) is 0 Å². The lowest BCUT2D eigenvalue weighted by Gasteiger charge is -2.11. The van der Waals surface area contributed by atoms with E-state index >= 15 is 0 Å². The van der Waals surface area contributed by atoms with Crippen LogP contribution in [-0.4, -0.2) is 21.4 Å². The van der Waals surface area contributed by atoms with Crippen molar-refractivity contribution in [3.8, 4) is 0 Å². The number of benzene rings is 2. The average Bonchev–Trinajstić information content (AvgIpc) is 2.50. The maximum absolute atomic E-state index is 13.7. The number of halogens is 2.